The van der Waals surface area contributed by atoms with Crippen molar-refractivity contribution in [2.45, 2.75) is 38.7 Å². The number of rotatable bonds is 3. The van der Waals surface area contributed by atoms with Crippen LogP contribution in [0.15, 0.2) is 5.11 Å². The number of carbonyl (C=O) groups excluding carboxylic acids is 1. The van der Waals surface area contributed by atoms with E-state index in [2.05, 4.69) is 22.3 Å². The molecule has 2 rings (SSSR count). The van der Waals surface area contributed by atoms with E-state index in [0.717, 1.165) is 0 Å². The third kappa shape index (κ3) is 2.05. The number of carbonyl (C=O) groups is 1. The highest BCUT2D eigenvalue weighted by Gasteiger charge is 2.56. The first kappa shape index (κ1) is 13.1. The molecule has 0 spiro atoms. The van der Waals surface area contributed by atoms with Crippen LogP contribution in [0, 0.1) is 11.8 Å². The lowest BCUT2D eigenvalue weighted by atomic mass is 9.75. The van der Waals surface area contributed by atoms with Crippen LogP contribution in [0.1, 0.15) is 20.8 Å². The summed E-state index contributed by atoms with van der Waals surface area (Å²) in [7, 11) is 0. The first-order valence-electron chi connectivity index (χ1n) is 6.07. The molecule has 2 saturated heterocycles. The number of ether oxygens (including phenoxy) is 2. The standard InChI is InChI=1S/C11H18N4O3/c1-6-7(2)11(4-13-15-12)5-17-10(18-11)9(6)14-8(3)16/h6-7,9-10H,4-5H2,1-3H3,(H,14,16)/t6-,7+,9+,10-,11-/m0/s1. The predicted molar refractivity (Wildman–Crippen MR) is 63.5 cm³/mol. The van der Waals surface area contributed by atoms with Crippen LogP contribution in [0.5, 0.6) is 0 Å². The fraction of sp³-hybridized carbons (Fsp3) is 0.909. The van der Waals surface area contributed by atoms with E-state index in [1.165, 1.54) is 6.92 Å². The topological polar surface area (TPSA) is 96.3 Å². The molecule has 0 aromatic heterocycles. The van der Waals surface area contributed by atoms with Crippen LogP contribution < -0.4 is 5.32 Å². The summed E-state index contributed by atoms with van der Waals surface area (Å²) >= 11 is 0. The molecule has 2 heterocycles. The Morgan fingerprint density at radius 2 is 2.33 bits per heavy atom. The van der Waals surface area contributed by atoms with Crippen molar-refractivity contribution in [1.29, 1.82) is 0 Å². The molecular weight excluding hydrogens is 236 g/mol. The molecule has 1 N–H and O–H groups in total. The highest BCUT2D eigenvalue weighted by molar-refractivity contribution is 5.73. The van der Waals surface area contributed by atoms with Crippen LogP contribution >= 0.6 is 0 Å². The summed E-state index contributed by atoms with van der Waals surface area (Å²) in [5.41, 5.74) is 7.90. The van der Waals surface area contributed by atoms with Crippen LogP contribution in [0.25, 0.3) is 10.4 Å². The summed E-state index contributed by atoms with van der Waals surface area (Å²) in [5.74, 6) is 0.239. The van der Waals surface area contributed by atoms with E-state index in [1.807, 2.05) is 6.92 Å². The quantitative estimate of drug-likeness (QED) is 0.465. The van der Waals surface area contributed by atoms with Crippen molar-refractivity contribution in [2.75, 3.05) is 13.2 Å². The van der Waals surface area contributed by atoms with Gasteiger partial charge in [-0.2, -0.15) is 0 Å². The van der Waals surface area contributed by atoms with Gasteiger partial charge in [0.25, 0.3) is 0 Å². The first-order chi connectivity index (χ1) is 8.50. The number of hydrogen-bond donors (Lipinski definition) is 1. The van der Waals surface area contributed by atoms with Gasteiger partial charge in [-0.25, -0.2) is 0 Å². The van der Waals surface area contributed by atoms with Gasteiger partial charge in [0.15, 0.2) is 6.29 Å². The molecule has 100 valence electrons. The van der Waals surface area contributed by atoms with Gasteiger partial charge in [-0.3, -0.25) is 4.79 Å². The van der Waals surface area contributed by atoms with Crippen molar-refractivity contribution in [1.82, 2.24) is 5.32 Å². The minimum absolute atomic E-state index is 0.0966. The van der Waals surface area contributed by atoms with E-state index in [-0.39, 0.29) is 30.3 Å². The maximum atomic E-state index is 11.2. The summed E-state index contributed by atoms with van der Waals surface area (Å²) in [6, 6.07) is -0.154. The predicted octanol–water partition coefficient (Wildman–Crippen LogP) is 1.20. The highest BCUT2D eigenvalue weighted by atomic mass is 16.7. The molecule has 7 nitrogen and oxygen atoms in total. The fourth-order valence-electron chi connectivity index (χ4n) is 2.79. The Labute approximate surface area is 105 Å². The monoisotopic (exact) mass is 254 g/mol. The molecule has 0 aromatic rings. The van der Waals surface area contributed by atoms with Gasteiger partial charge >= 0.3 is 0 Å². The Morgan fingerprint density at radius 3 is 2.94 bits per heavy atom. The first-order valence-corrected chi connectivity index (χ1v) is 6.07. The maximum absolute atomic E-state index is 11.2. The molecule has 2 aliphatic rings. The molecule has 0 aliphatic carbocycles. The smallest absolute Gasteiger partial charge is 0.217 e. The molecule has 5 atom stereocenters. The van der Waals surface area contributed by atoms with Gasteiger partial charge in [-0.05, 0) is 17.4 Å². The van der Waals surface area contributed by atoms with Crippen molar-refractivity contribution < 1.29 is 14.3 Å². The van der Waals surface area contributed by atoms with Gasteiger partial charge in [0.2, 0.25) is 5.91 Å². The summed E-state index contributed by atoms with van der Waals surface area (Å²) in [6.07, 6.45) is -0.450. The number of nitrogens with one attached hydrogen (secondary N) is 1. The molecule has 1 amide bonds. The summed E-state index contributed by atoms with van der Waals surface area (Å²) in [4.78, 5) is 14.0. The largest absolute Gasteiger partial charge is 0.348 e. The lowest BCUT2D eigenvalue weighted by Crippen LogP contribution is -2.58. The van der Waals surface area contributed by atoms with Gasteiger partial charge in [0.05, 0.1) is 19.2 Å². The van der Waals surface area contributed by atoms with E-state index in [9.17, 15) is 4.79 Å². The molecule has 7 heteroatoms. The van der Waals surface area contributed by atoms with Crippen molar-refractivity contribution in [3.05, 3.63) is 10.4 Å². The molecule has 2 aliphatic heterocycles. The summed E-state index contributed by atoms with van der Waals surface area (Å²) in [6.45, 7) is 6.24. The number of fused-ring (bicyclic) bond motifs is 2. The van der Waals surface area contributed by atoms with Gasteiger partial charge in [-0.15, -0.1) is 0 Å². The average Bonchev–Trinajstić information content (AvgIpc) is 2.73. The second-order valence-electron chi connectivity index (χ2n) is 5.13. The fourth-order valence-corrected chi connectivity index (χ4v) is 2.79. The number of amides is 1. The Kier molecular flexibility index (Phi) is 3.47. The number of hydrogen-bond acceptors (Lipinski definition) is 4. The molecule has 2 fully saturated rings. The van der Waals surface area contributed by atoms with Crippen molar-refractivity contribution in [3.63, 3.8) is 0 Å². The van der Waals surface area contributed by atoms with E-state index in [1.54, 1.807) is 0 Å². The zero-order valence-electron chi connectivity index (χ0n) is 10.8. The van der Waals surface area contributed by atoms with Crippen molar-refractivity contribution in [3.8, 4) is 0 Å². The second kappa shape index (κ2) is 4.76. The van der Waals surface area contributed by atoms with E-state index >= 15 is 0 Å². The van der Waals surface area contributed by atoms with Crippen LogP contribution in [-0.4, -0.2) is 37.0 Å². The van der Waals surface area contributed by atoms with Gasteiger partial charge < -0.3 is 14.8 Å². The molecular formula is C11H18N4O3. The maximum Gasteiger partial charge on any atom is 0.217 e. The lowest BCUT2D eigenvalue weighted by Gasteiger charge is -2.44. The molecule has 0 unspecified atom stereocenters. The van der Waals surface area contributed by atoms with Crippen LogP contribution in [0.4, 0.5) is 0 Å². The summed E-state index contributed by atoms with van der Waals surface area (Å²) < 4.78 is 11.5. The minimum atomic E-state index is -0.550. The SMILES string of the molecule is CC(=O)N[C@H]1[C@H]2OC[C@](CN=[N+]=[N-])(O2)[C@H](C)[C@@H]1C. The second-order valence-corrected chi connectivity index (χ2v) is 5.13. The normalized spacial score (nSPS) is 42.2. The molecule has 0 saturated carbocycles. The van der Waals surface area contributed by atoms with Gasteiger partial charge in [0, 0.05) is 11.8 Å². The van der Waals surface area contributed by atoms with Crippen molar-refractivity contribution >= 4 is 5.91 Å². The highest BCUT2D eigenvalue weighted by Crippen LogP contribution is 2.43. The van der Waals surface area contributed by atoms with E-state index in [4.69, 9.17) is 15.0 Å². The Balaban J connectivity index is 2.19. The zero-order valence-corrected chi connectivity index (χ0v) is 10.8. The van der Waals surface area contributed by atoms with Crippen molar-refractivity contribution in [2.24, 2.45) is 17.0 Å². The van der Waals surface area contributed by atoms with E-state index in [0.29, 0.717) is 6.61 Å². The minimum Gasteiger partial charge on any atom is -0.348 e. The van der Waals surface area contributed by atoms with Gasteiger partial charge in [0.1, 0.15) is 5.60 Å². The molecule has 0 aromatic carbocycles. The molecule has 2 bridgehead atoms. The van der Waals surface area contributed by atoms with Crippen LogP contribution in [0.2, 0.25) is 0 Å². The average molecular weight is 254 g/mol. The third-order valence-corrected chi connectivity index (χ3v) is 4.09. The zero-order chi connectivity index (χ0) is 13.3. The van der Waals surface area contributed by atoms with Crippen LogP contribution in [-0.2, 0) is 14.3 Å². The van der Waals surface area contributed by atoms with E-state index < -0.39 is 11.9 Å². The Morgan fingerprint density at radius 1 is 1.61 bits per heavy atom. The Hall–Kier alpha value is -1.30. The molecule has 18 heavy (non-hydrogen) atoms. The Bertz CT molecular complexity index is 396. The lowest BCUT2D eigenvalue weighted by molar-refractivity contribution is -0.176. The number of azide groups is 1. The molecule has 0 radical (unpaired) electrons. The third-order valence-electron chi connectivity index (χ3n) is 4.09. The van der Waals surface area contributed by atoms with Gasteiger partial charge in [-0.1, -0.05) is 19.0 Å². The van der Waals surface area contributed by atoms with Crippen LogP contribution in [0.3, 0.4) is 0 Å². The number of nitrogens with zero attached hydrogens (tertiary/aromatic N) is 3. The summed E-state index contributed by atoms with van der Waals surface area (Å²) in [5, 5.41) is 6.49.